The summed E-state index contributed by atoms with van der Waals surface area (Å²) in [7, 11) is -3.48. The van der Waals surface area contributed by atoms with Gasteiger partial charge in [-0.1, -0.05) is 24.9 Å². The molecule has 0 aliphatic heterocycles. The van der Waals surface area contributed by atoms with Gasteiger partial charge in [-0.2, -0.15) is 0 Å². The normalized spacial score (nSPS) is 18.3. The van der Waals surface area contributed by atoms with Crippen molar-refractivity contribution in [3.05, 3.63) is 23.5 Å². The second-order valence-corrected chi connectivity index (χ2v) is 7.00. The molecule has 0 bridgehead atoms. The monoisotopic (exact) mass is 288 g/mol. The Balaban J connectivity index is 2.08. The van der Waals surface area contributed by atoms with E-state index in [2.05, 4.69) is 16.6 Å². The molecule has 1 aromatic rings. The fraction of sp³-hybridized carbons (Fsp3) is 0.583. The Morgan fingerprint density at radius 2 is 2.22 bits per heavy atom. The van der Waals surface area contributed by atoms with Gasteiger partial charge in [-0.3, -0.25) is 0 Å². The third kappa shape index (κ3) is 2.84. The molecule has 1 fully saturated rings. The molecule has 4 nitrogen and oxygen atoms in total. The third-order valence-corrected chi connectivity index (χ3v) is 5.42. The zero-order valence-electron chi connectivity index (χ0n) is 10.3. The van der Waals surface area contributed by atoms with Gasteiger partial charge < -0.3 is 0 Å². The van der Waals surface area contributed by atoms with Crippen LogP contribution in [0.1, 0.15) is 32.6 Å². The van der Waals surface area contributed by atoms with Gasteiger partial charge >= 0.3 is 0 Å². The molecule has 1 aliphatic rings. The molecule has 0 spiro atoms. The lowest BCUT2D eigenvalue weighted by Crippen LogP contribution is -2.41. The number of hydrogen-bond donors (Lipinski definition) is 1. The highest BCUT2D eigenvalue weighted by molar-refractivity contribution is 7.89. The topological polar surface area (TPSA) is 59.1 Å². The highest BCUT2D eigenvalue weighted by Crippen LogP contribution is 2.43. The van der Waals surface area contributed by atoms with Gasteiger partial charge in [0.05, 0.1) is 4.90 Å². The van der Waals surface area contributed by atoms with Gasteiger partial charge in [0, 0.05) is 12.7 Å². The van der Waals surface area contributed by atoms with Gasteiger partial charge in [0.2, 0.25) is 10.0 Å². The van der Waals surface area contributed by atoms with Crippen LogP contribution in [-0.2, 0) is 10.0 Å². The van der Waals surface area contributed by atoms with Gasteiger partial charge in [-0.25, -0.2) is 18.1 Å². The Morgan fingerprint density at radius 1 is 1.50 bits per heavy atom. The first-order chi connectivity index (χ1) is 8.47. The maximum Gasteiger partial charge on any atom is 0.240 e. The molecule has 0 amide bonds. The summed E-state index contributed by atoms with van der Waals surface area (Å²) in [6.45, 7) is 2.61. The summed E-state index contributed by atoms with van der Waals surface area (Å²) in [5, 5.41) is 0.187. The van der Waals surface area contributed by atoms with E-state index in [0.717, 1.165) is 19.3 Å². The van der Waals surface area contributed by atoms with Crippen LogP contribution in [0, 0.1) is 5.41 Å². The minimum atomic E-state index is -3.48. The Hall–Kier alpha value is -0.650. The molecule has 0 unspecified atom stereocenters. The summed E-state index contributed by atoms with van der Waals surface area (Å²) in [5.74, 6) is 0. The highest BCUT2D eigenvalue weighted by Gasteiger charge is 2.36. The van der Waals surface area contributed by atoms with Crippen LogP contribution < -0.4 is 4.72 Å². The van der Waals surface area contributed by atoms with Crippen LogP contribution in [0.25, 0.3) is 0 Å². The summed E-state index contributed by atoms with van der Waals surface area (Å²) in [6.07, 6.45) is 5.80. The molecule has 0 radical (unpaired) electrons. The molecule has 1 saturated carbocycles. The summed E-state index contributed by atoms with van der Waals surface area (Å²) in [6, 6.07) is 2.82. The first kappa shape index (κ1) is 13.8. The van der Waals surface area contributed by atoms with Gasteiger partial charge in [-0.05, 0) is 36.8 Å². The highest BCUT2D eigenvalue weighted by atomic mass is 35.5. The number of pyridine rings is 1. The molecular weight excluding hydrogens is 272 g/mol. The largest absolute Gasteiger partial charge is 0.244 e. The SMILES string of the molecule is CCC1(CNS(=O)(=O)c2ccnc(Cl)c2)CCC1. The van der Waals surface area contributed by atoms with Crippen LogP contribution in [0.5, 0.6) is 0 Å². The summed E-state index contributed by atoms with van der Waals surface area (Å²) >= 11 is 5.70. The number of rotatable bonds is 5. The van der Waals surface area contributed by atoms with E-state index >= 15 is 0 Å². The summed E-state index contributed by atoms with van der Waals surface area (Å²) < 4.78 is 26.9. The van der Waals surface area contributed by atoms with Gasteiger partial charge in [0.15, 0.2) is 0 Å². The number of hydrogen-bond acceptors (Lipinski definition) is 3. The van der Waals surface area contributed by atoms with Crippen molar-refractivity contribution >= 4 is 21.6 Å². The van der Waals surface area contributed by atoms with E-state index < -0.39 is 10.0 Å². The minimum absolute atomic E-state index is 0.157. The van der Waals surface area contributed by atoms with Gasteiger partial charge in [-0.15, -0.1) is 0 Å². The quantitative estimate of drug-likeness (QED) is 0.847. The van der Waals surface area contributed by atoms with E-state index in [9.17, 15) is 8.42 Å². The fourth-order valence-corrected chi connectivity index (χ4v) is 3.62. The molecule has 100 valence electrons. The zero-order valence-corrected chi connectivity index (χ0v) is 11.9. The predicted octanol–water partition coefficient (Wildman–Crippen LogP) is 2.59. The van der Waals surface area contributed by atoms with Crippen molar-refractivity contribution in [2.45, 2.75) is 37.5 Å². The number of aromatic nitrogens is 1. The fourth-order valence-electron chi connectivity index (χ4n) is 2.22. The van der Waals surface area contributed by atoms with E-state index in [1.807, 2.05) is 0 Å². The molecule has 1 aliphatic carbocycles. The Kier molecular flexibility index (Phi) is 3.94. The molecule has 1 heterocycles. The number of sulfonamides is 1. The molecule has 1 aromatic heterocycles. The Morgan fingerprint density at radius 3 is 2.72 bits per heavy atom. The second kappa shape index (κ2) is 5.15. The lowest BCUT2D eigenvalue weighted by atomic mass is 9.67. The molecule has 0 aromatic carbocycles. The van der Waals surface area contributed by atoms with E-state index in [4.69, 9.17) is 11.6 Å². The molecule has 18 heavy (non-hydrogen) atoms. The van der Waals surface area contributed by atoms with E-state index in [-0.39, 0.29) is 15.5 Å². The van der Waals surface area contributed by atoms with E-state index in [1.165, 1.54) is 24.8 Å². The lowest BCUT2D eigenvalue weighted by Gasteiger charge is -2.41. The van der Waals surface area contributed by atoms with Crippen molar-refractivity contribution < 1.29 is 8.42 Å². The van der Waals surface area contributed by atoms with Gasteiger partial charge in [0.1, 0.15) is 5.15 Å². The first-order valence-electron chi connectivity index (χ1n) is 6.09. The smallest absolute Gasteiger partial charge is 0.240 e. The molecule has 6 heteroatoms. The first-order valence-corrected chi connectivity index (χ1v) is 7.95. The average Bonchev–Trinajstić information content (AvgIpc) is 2.28. The van der Waals surface area contributed by atoms with E-state index in [1.54, 1.807) is 0 Å². The Labute approximate surface area is 113 Å². The standard InChI is InChI=1S/C12H17ClN2O2S/c1-2-12(5-3-6-12)9-15-18(16,17)10-4-7-14-11(13)8-10/h4,7-8,15H,2-3,5-6,9H2,1H3. The van der Waals surface area contributed by atoms with Crippen molar-refractivity contribution in [2.75, 3.05) is 6.54 Å². The summed E-state index contributed by atoms with van der Waals surface area (Å²) in [5.41, 5.74) is 0.157. The molecule has 2 rings (SSSR count). The van der Waals surface area contributed by atoms with Crippen LogP contribution in [0.15, 0.2) is 23.2 Å². The van der Waals surface area contributed by atoms with E-state index in [0.29, 0.717) is 6.54 Å². The van der Waals surface area contributed by atoms with Crippen LogP contribution >= 0.6 is 11.6 Å². The maximum absolute atomic E-state index is 12.1. The molecular formula is C12H17ClN2O2S. The van der Waals surface area contributed by atoms with Crippen molar-refractivity contribution in [3.8, 4) is 0 Å². The van der Waals surface area contributed by atoms with Crippen molar-refractivity contribution in [1.82, 2.24) is 9.71 Å². The average molecular weight is 289 g/mol. The van der Waals surface area contributed by atoms with Crippen LogP contribution in [0.2, 0.25) is 5.15 Å². The zero-order chi connectivity index (χ0) is 13.2. The predicted molar refractivity (Wildman–Crippen MR) is 71.0 cm³/mol. The third-order valence-electron chi connectivity index (χ3n) is 3.81. The van der Waals surface area contributed by atoms with Crippen LogP contribution in [0.3, 0.4) is 0 Å². The molecule has 0 atom stereocenters. The van der Waals surface area contributed by atoms with Crippen LogP contribution in [-0.4, -0.2) is 19.9 Å². The lowest BCUT2D eigenvalue weighted by molar-refractivity contribution is 0.133. The minimum Gasteiger partial charge on any atom is -0.244 e. The van der Waals surface area contributed by atoms with Gasteiger partial charge in [0.25, 0.3) is 0 Å². The molecule has 1 N–H and O–H groups in total. The maximum atomic E-state index is 12.1. The van der Waals surface area contributed by atoms with Crippen molar-refractivity contribution in [1.29, 1.82) is 0 Å². The second-order valence-electron chi connectivity index (χ2n) is 4.85. The van der Waals surface area contributed by atoms with Crippen molar-refractivity contribution in [2.24, 2.45) is 5.41 Å². The number of halogens is 1. The van der Waals surface area contributed by atoms with Crippen LogP contribution in [0.4, 0.5) is 0 Å². The number of nitrogens with one attached hydrogen (secondary N) is 1. The van der Waals surface area contributed by atoms with Crippen molar-refractivity contribution in [3.63, 3.8) is 0 Å². The number of nitrogens with zero attached hydrogens (tertiary/aromatic N) is 1. The molecule has 0 saturated heterocycles. The summed E-state index contributed by atoms with van der Waals surface area (Å²) in [4.78, 5) is 3.95. The Bertz CT molecular complexity index is 521.